The van der Waals surface area contributed by atoms with Gasteiger partial charge in [0.15, 0.2) is 5.82 Å². The summed E-state index contributed by atoms with van der Waals surface area (Å²) in [6.07, 6.45) is 5.48. The number of aryl methyl sites for hydroxylation is 1. The van der Waals surface area contributed by atoms with Crippen LogP contribution in [-0.2, 0) is 24.8 Å². The Balaban J connectivity index is 1.40. The van der Waals surface area contributed by atoms with E-state index in [9.17, 15) is 4.79 Å². The van der Waals surface area contributed by atoms with Gasteiger partial charge in [-0.25, -0.2) is 4.68 Å². The van der Waals surface area contributed by atoms with Crippen molar-refractivity contribution in [2.45, 2.75) is 71.8 Å². The quantitative estimate of drug-likeness (QED) is 0.797. The molecule has 1 saturated heterocycles. The van der Waals surface area contributed by atoms with Crippen LogP contribution < -0.4 is 10.5 Å². The summed E-state index contributed by atoms with van der Waals surface area (Å²) in [6.45, 7) is 11.3. The first kappa shape index (κ1) is 20.0. The highest BCUT2D eigenvalue weighted by Gasteiger charge is 2.24. The monoisotopic (exact) mass is 395 g/mol. The molecule has 0 spiro atoms. The number of hydrogen-bond donors (Lipinski definition) is 0. The third-order valence-electron chi connectivity index (χ3n) is 6.39. The van der Waals surface area contributed by atoms with E-state index in [-0.39, 0.29) is 11.0 Å². The van der Waals surface area contributed by atoms with Crippen LogP contribution in [0.4, 0.5) is 5.82 Å². The van der Waals surface area contributed by atoms with Crippen LogP contribution in [0.15, 0.2) is 23.0 Å². The fraction of sp³-hybridized carbons (Fsp3) is 0.652. The van der Waals surface area contributed by atoms with E-state index in [1.54, 1.807) is 10.7 Å². The van der Waals surface area contributed by atoms with Gasteiger partial charge in [-0.2, -0.15) is 10.2 Å². The molecule has 0 aromatic carbocycles. The third kappa shape index (κ3) is 4.51. The van der Waals surface area contributed by atoms with Crippen LogP contribution in [0.5, 0.6) is 0 Å². The molecule has 1 aliphatic carbocycles. The normalized spacial score (nSPS) is 20.6. The fourth-order valence-corrected chi connectivity index (χ4v) is 4.42. The first-order valence-electron chi connectivity index (χ1n) is 11.0. The van der Waals surface area contributed by atoms with E-state index >= 15 is 0 Å². The molecule has 156 valence electrons. The average molecular weight is 396 g/mol. The van der Waals surface area contributed by atoms with E-state index in [0.29, 0.717) is 12.5 Å². The van der Waals surface area contributed by atoms with E-state index in [4.69, 9.17) is 0 Å². The summed E-state index contributed by atoms with van der Waals surface area (Å²) >= 11 is 0. The lowest BCUT2D eigenvalue weighted by Gasteiger charge is -2.33. The number of nitrogens with zero attached hydrogens (tertiary/aromatic N) is 5. The maximum Gasteiger partial charge on any atom is 0.266 e. The molecule has 0 bridgehead atoms. The van der Waals surface area contributed by atoms with Crippen LogP contribution >= 0.6 is 0 Å². The summed E-state index contributed by atoms with van der Waals surface area (Å²) < 4.78 is 1.67. The molecular weight excluding hydrogens is 362 g/mol. The SMILES string of the molecule is CC1CCc2nnc(N3CCC(Cn4nc(C(C)(C)C)ccc4=O)CC3)cc2C1. The first-order valence-corrected chi connectivity index (χ1v) is 11.0. The first-order chi connectivity index (χ1) is 13.8. The maximum absolute atomic E-state index is 12.3. The zero-order chi connectivity index (χ0) is 20.6. The minimum absolute atomic E-state index is 0.00453. The van der Waals surface area contributed by atoms with Gasteiger partial charge in [0, 0.05) is 31.1 Å². The second-order valence-corrected chi connectivity index (χ2v) is 9.94. The zero-order valence-corrected chi connectivity index (χ0v) is 18.2. The molecule has 6 heteroatoms. The highest BCUT2D eigenvalue weighted by Crippen LogP contribution is 2.28. The maximum atomic E-state index is 12.3. The minimum atomic E-state index is -0.0541. The van der Waals surface area contributed by atoms with Gasteiger partial charge in [-0.3, -0.25) is 4.79 Å². The molecule has 6 nitrogen and oxygen atoms in total. The largest absolute Gasteiger partial charge is 0.355 e. The van der Waals surface area contributed by atoms with Crippen molar-refractivity contribution < 1.29 is 0 Å². The van der Waals surface area contributed by atoms with Crippen LogP contribution in [0.3, 0.4) is 0 Å². The van der Waals surface area contributed by atoms with Gasteiger partial charge in [-0.15, -0.1) is 5.10 Å². The molecule has 2 aromatic rings. The minimum Gasteiger partial charge on any atom is -0.355 e. The molecule has 1 atom stereocenters. The van der Waals surface area contributed by atoms with E-state index in [2.05, 4.69) is 54.0 Å². The van der Waals surface area contributed by atoms with Gasteiger partial charge >= 0.3 is 0 Å². The smallest absolute Gasteiger partial charge is 0.266 e. The van der Waals surface area contributed by atoms with Gasteiger partial charge in [0.1, 0.15) is 0 Å². The lowest BCUT2D eigenvalue weighted by Crippen LogP contribution is -2.38. The highest BCUT2D eigenvalue weighted by molar-refractivity contribution is 5.42. The molecule has 3 heterocycles. The van der Waals surface area contributed by atoms with Crippen molar-refractivity contribution in [1.82, 2.24) is 20.0 Å². The number of fused-ring (bicyclic) bond motifs is 1. The molecule has 0 amide bonds. The molecule has 0 radical (unpaired) electrons. The van der Waals surface area contributed by atoms with Crippen LogP contribution in [0.2, 0.25) is 0 Å². The van der Waals surface area contributed by atoms with E-state index < -0.39 is 0 Å². The van der Waals surface area contributed by atoms with Crippen molar-refractivity contribution in [3.63, 3.8) is 0 Å². The molecule has 2 aromatic heterocycles. The second kappa shape index (κ2) is 7.88. The summed E-state index contributed by atoms with van der Waals surface area (Å²) in [5, 5.41) is 13.7. The van der Waals surface area contributed by atoms with Gasteiger partial charge in [0.2, 0.25) is 0 Å². The highest BCUT2D eigenvalue weighted by atomic mass is 16.1. The molecule has 0 N–H and O–H groups in total. The average Bonchev–Trinajstić information content (AvgIpc) is 2.69. The number of piperidine rings is 1. The topological polar surface area (TPSA) is 63.9 Å². The predicted octanol–water partition coefficient (Wildman–Crippen LogP) is 3.37. The lowest BCUT2D eigenvalue weighted by atomic mass is 9.88. The van der Waals surface area contributed by atoms with Crippen molar-refractivity contribution in [2.24, 2.45) is 11.8 Å². The Labute approximate surface area is 173 Å². The van der Waals surface area contributed by atoms with Crippen molar-refractivity contribution in [1.29, 1.82) is 0 Å². The summed E-state index contributed by atoms with van der Waals surface area (Å²) in [7, 11) is 0. The number of anilines is 1. The van der Waals surface area contributed by atoms with Gasteiger partial charge < -0.3 is 4.90 Å². The number of rotatable bonds is 3. The summed E-state index contributed by atoms with van der Waals surface area (Å²) in [6, 6.07) is 5.78. The second-order valence-electron chi connectivity index (χ2n) is 9.94. The Morgan fingerprint density at radius 3 is 2.59 bits per heavy atom. The Morgan fingerprint density at radius 2 is 1.86 bits per heavy atom. The number of aromatic nitrogens is 4. The van der Waals surface area contributed by atoms with Gasteiger partial charge in [-0.1, -0.05) is 27.7 Å². The van der Waals surface area contributed by atoms with Crippen LogP contribution in [0.1, 0.15) is 63.9 Å². The molecule has 29 heavy (non-hydrogen) atoms. The van der Waals surface area contributed by atoms with Gasteiger partial charge in [-0.05, 0) is 61.6 Å². The molecule has 2 aliphatic rings. The lowest BCUT2D eigenvalue weighted by molar-refractivity contribution is 0.329. The van der Waals surface area contributed by atoms with Crippen molar-refractivity contribution in [2.75, 3.05) is 18.0 Å². The predicted molar refractivity (Wildman–Crippen MR) is 115 cm³/mol. The molecule has 1 aliphatic heterocycles. The van der Waals surface area contributed by atoms with Crippen molar-refractivity contribution >= 4 is 5.82 Å². The zero-order valence-electron chi connectivity index (χ0n) is 18.2. The number of hydrogen-bond acceptors (Lipinski definition) is 5. The molecule has 0 saturated carbocycles. The summed E-state index contributed by atoms with van der Waals surface area (Å²) in [4.78, 5) is 14.6. The Bertz CT molecular complexity index is 922. The fourth-order valence-electron chi connectivity index (χ4n) is 4.42. The summed E-state index contributed by atoms with van der Waals surface area (Å²) in [5.41, 5.74) is 3.47. The van der Waals surface area contributed by atoms with Crippen LogP contribution in [0.25, 0.3) is 0 Å². The molecule has 1 unspecified atom stereocenters. The van der Waals surface area contributed by atoms with Crippen LogP contribution in [0, 0.1) is 11.8 Å². The van der Waals surface area contributed by atoms with Crippen LogP contribution in [-0.4, -0.2) is 33.1 Å². The van der Waals surface area contributed by atoms with E-state index in [1.807, 2.05) is 6.07 Å². The van der Waals surface area contributed by atoms with E-state index in [0.717, 1.165) is 56.2 Å². The summed E-state index contributed by atoms with van der Waals surface area (Å²) in [5.74, 6) is 2.22. The van der Waals surface area contributed by atoms with Crippen molar-refractivity contribution in [3.8, 4) is 0 Å². The molecule has 1 fully saturated rings. The molecule has 4 rings (SSSR count). The standard InChI is InChI=1S/C23H33N5O/c1-16-5-6-19-18(13-16)14-21(25-24-19)27-11-9-17(10-12-27)15-28-22(29)8-7-20(26-28)23(2,3)4/h7-8,14,16-17H,5-6,9-13,15H2,1-4H3. The van der Waals surface area contributed by atoms with Crippen molar-refractivity contribution in [3.05, 3.63) is 45.5 Å². The Morgan fingerprint density at radius 1 is 1.10 bits per heavy atom. The van der Waals surface area contributed by atoms with E-state index in [1.165, 1.54) is 17.7 Å². The third-order valence-corrected chi connectivity index (χ3v) is 6.39. The Kier molecular flexibility index (Phi) is 5.45. The molecular formula is C23H33N5O. The Hall–Kier alpha value is -2.24. The van der Waals surface area contributed by atoms with Gasteiger partial charge in [0.25, 0.3) is 5.56 Å². The van der Waals surface area contributed by atoms with Gasteiger partial charge in [0.05, 0.1) is 11.4 Å².